The fourth-order valence-electron chi connectivity index (χ4n) is 5.01. The van der Waals surface area contributed by atoms with E-state index >= 15 is 0 Å². The summed E-state index contributed by atoms with van der Waals surface area (Å²) >= 11 is 0. The summed E-state index contributed by atoms with van der Waals surface area (Å²) in [6.07, 6.45) is 13.2. The quantitative estimate of drug-likeness (QED) is 0.467. The van der Waals surface area contributed by atoms with Gasteiger partial charge in [0.15, 0.2) is 0 Å². The molecule has 2 saturated carbocycles. The molecule has 0 nitrogen and oxygen atoms in total. The van der Waals surface area contributed by atoms with Gasteiger partial charge in [-0.2, -0.15) is 17.6 Å². The van der Waals surface area contributed by atoms with Crippen LogP contribution in [-0.2, 0) is 0 Å². The standard InChI is InChI=1S/C21H30F4/c1-15-4-9-17(10-5-15)18-11-6-16(7-12-18)8-13-19-3-2-14-20(22,23)21(19,24)25/h2-3,14-18H,4-13H2,1H3. The summed E-state index contributed by atoms with van der Waals surface area (Å²) < 4.78 is 54.5. The van der Waals surface area contributed by atoms with E-state index in [0.717, 1.165) is 36.7 Å². The monoisotopic (exact) mass is 358 g/mol. The molecule has 0 spiro atoms. The van der Waals surface area contributed by atoms with Gasteiger partial charge in [-0.3, -0.25) is 0 Å². The molecule has 0 unspecified atom stereocenters. The fourth-order valence-corrected chi connectivity index (χ4v) is 5.01. The van der Waals surface area contributed by atoms with Crippen LogP contribution in [0.1, 0.15) is 71.1 Å². The SMILES string of the molecule is CC1CCC(C2CCC(CCC3=CC=CC(F)(F)C3(F)F)CC2)CC1. The van der Waals surface area contributed by atoms with Gasteiger partial charge in [-0.1, -0.05) is 44.8 Å². The average molecular weight is 358 g/mol. The summed E-state index contributed by atoms with van der Waals surface area (Å²) in [5.41, 5.74) is -0.400. The Morgan fingerprint density at radius 3 is 2.04 bits per heavy atom. The Labute approximate surface area is 148 Å². The smallest absolute Gasteiger partial charge is 0.195 e. The van der Waals surface area contributed by atoms with Gasteiger partial charge in [-0.15, -0.1) is 0 Å². The van der Waals surface area contributed by atoms with E-state index in [2.05, 4.69) is 6.92 Å². The van der Waals surface area contributed by atoms with Crippen molar-refractivity contribution in [2.24, 2.45) is 23.7 Å². The summed E-state index contributed by atoms with van der Waals surface area (Å²) in [6, 6.07) is 0. The number of halogens is 4. The Bertz CT molecular complexity index is 504. The lowest BCUT2D eigenvalue weighted by Crippen LogP contribution is -2.42. The largest absolute Gasteiger partial charge is 0.335 e. The molecule has 0 radical (unpaired) electrons. The molecule has 0 amide bonds. The summed E-state index contributed by atoms with van der Waals surface area (Å²) in [6.45, 7) is 2.33. The van der Waals surface area contributed by atoms with Crippen molar-refractivity contribution in [2.45, 2.75) is 83.0 Å². The highest BCUT2D eigenvalue weighted by Gasteiger charge is 2.57. The zero-order chi connectivity index (χ0) is 18.1. The summed E-state index contributed by atoms with van der Waals surface area (Å²) in [5.74, 6) is -5.15. The number of alkyl halides is 4. The van der Waals surface area contributed by atoms with Crippen LogP contribution in [0, 0.1) is 23.7 Å². The molecule has 0 aliphatic heterocycles. The van der Waals surface area contributed by atoms with Crippen LogP contribution in [0.25, 0.3) is 0 Å². The van der Waals surface area contributed by atoms with Crippen LogP contribution in [0.4, 0.5) is 17.6 Å². The zero-order valence-corrected chi connectivity index (χ0v) is 15.1. The Kier molecular flexibility index (Phi) is 5.65. The van der Waals surface area contributed by atoms with Crippen molar-refractivity contribution in [1.82, 2.24) is 0 Å². The van der Waals surface area contributed by atoms with Crippen molar-refractivity contribution in [2.75, 3.05) is 0 Å². The molecule has 0 atom stereocenters. The first kappa shape index (κ1) is 19.0. The Hall–Kier alpha value is -0.800. The third kappa shape index (κ3) is 4.14. The van der Waals surface area contributed by atoms with Crippen LogP contribution < -0.4 is 0 Å². The van der Waals surface area contributed by atoms with E-state index in [4.69, 9.17) is 0 Å². The minimum absolute atomic E-state index is 0.0865. The molecule has 0 saturated heterocycles. The molecule has 4 heteroatoms. The third-order valence-electron chi connectivity index (χ3n) is 6.87. The van der Waals surface area contributed by atoms with Gasteiger partial charge >= 0.3 is 11.8 Å². The maximum atomic E-state index is 13.9. The summed E-state index contributed by atoms with van der Waals surface area (Å²) in [7, 11) is 0. The molecule has 3 aliphatic carbocycles. The first-order valence-corrected chi connectivity index (χ1v) is 9.94. The lowest BCUT2D eigenvalue weighted by atomic mass is 9.69. The van der Waals surface area contributed by atoms with Gasteiger partial charge in [0, 0.05) is 5.57 Å². The van der Waals surface area contributed by atoms with E-state index in [1.54, 1.807) is 0 Å². The maximum Gasteiger partial charge on any atom is 0.335 e. The van der Waals surface area contributed by atoms with Gasteiger partial charge < -0.3 is 0 Å². The maximum absolute atomic E-state index is 13.9. The van der Waals surface area contributed by atoms with Crippen LogP contribution in [0.15, 0.2) is 23.8 Å². The van der Waals surface area contributed by atoms with E-state index in [1.165, 1.54) is 44.6 Å². The molecular weight excluding hydrogens is 328 g/mol. The minimum atomic E-state index is -4.05. The van der Waals surface area contributed by atoms with E-state index in [-0.39, 0.29) is 6.42 Å². The first-order chi connectivity index (χ1) is 11.8. The minimum Gasteiger partial charge on any atom is -0.195 e. The lowest BCUT2D eigenvalue weighted by molar-refractivity contribution is -0.157. The molecule has 0 aromatic heterocycles. The van der Waals surface area contributed by atoms with E-state index < -0.39 is 17.4 Å². The number of rotatable bonds is 4. The topological polar surface area (TPSA) is 0 Å². The lowest BCUT2D eigenvalue weighted by Gasteiger charge is -2.37. The van der Waals surface area contributed by atoms with Crippen LogP contribution in [0.3, 0.4) is 0 Å². The van der Waals surface area contributed by atoms with Crippen LogP contribution in [0.2, 0.25) is 0 Å². The Balaban J connectivity index is 1.45. The third-order valence-corrected chi connectivity index (χ3v) is 6.87. The predicted octanol–water partition coefficient (Wildman–Crippen LogP) is 7.17. The van der Waals surface area contributed by atoms with Crippen molar-refractivity contribution in [3.8, 4) is 0 Å². The Morgan fingerprint density at radius 1 is 0.880 bits per heavy atom. The highest BCUT2D eigenvalue weighted by atomic mass is 19.3. The summed E-state index contributed by atoms with van der Waals surface area (Å²) in [5, 5.41) is 0. The number of allylic oxidation sites excluding steroid dienone is 4. The number of hydrogen-bond acceptors (Lipinski definition) is 0. The van der Waals surface area contributed by atoms with Crippen molar-refractivity contribution < 1.29 is 17.6 Å². The predicted molar refractivity (Wildman–Crippen MR) is 92.9 cm³/mol. The van der Waals surface area contributed by atoms with Crippen molar-refractivity contribution >= 4 is 0 Å². The van der Waals surface area contributed by atoms with Gasteiger partial charge in [-0.25, -0.2) is 0 Å². The molecule has 0 heterocycles. The average Bonchev–Trinajstić information content (AvgIpc) is 2.58. The first-order valence-electron chi connectivity index (χ1n) is 9.94. The van der Waals surface area contributed by atoms with Crippen molar-refractivity contribution in [1.29, 1.82) is 0 Å². The molecule has 0 aromatic rings. The van der Waals surface area contributed by atoms with Crippen LogP contribution in [0.5, 0.6) is 0 Å². The second-order valence-corrected chi connectivity index (χ2v) is 8.59. The summed E-state index contributed by atoms with van der Waals surface area (Å²) in [4.78, 5) is 0. The molecule has 3 aliphatic rings. The van der Waals surface area contributed by atoms with Gasteiger partial charge in [0.2, 0.25) is 0 Å². The van der Waals surface area contributed by atoms with Crippen LogP contribution >= 0.6 is 0 Å². The molecule has 142 valence electrons. The van der Waals surface area contributed by atoms with Gasteiger partial charge in [0.05, 0.1) is 0 Å². The molecule has 3 rings (SSSR count). The molecule has 2 fully saturated rings. The fraction of sp³-hybridized carbons (Fsp3) is 0.810. The van der Waals surface area contributed by atoms with Crippen molar-refractivity contribution in [3.63, 3.8) is 0 Å². The zero-order valence-electron chi connectivity index (χ0n) is 15.1. The second-order valence-electron chi connectivity index (χ2n) is 8.59. The van der Waals surface area contributed by atoms with E-state index in [9.17, 15) is 17.6 Å². The molecule has 25 heavy (non-hydrogen) atoms. The van der Waals surface area contributed by atoms with E-state index in [0.29, 0.717) is 18.4 Å². The highest BCUT2D eigenvalue weighted by molar-refractivity contribution is 5.31. The van der Waals surface area contributed by atoms with Crippen molar-refractivity contribution in [3.05, 3.63) is 23.8 Å². The van der Waals surface area contributed by atoms with Gasteiger partial charge in [0.1, 0.15) is 0 Å². The molecule has 0 N–H and O–H groups in total. The normalized spacial score (nSPS) is 37.6. The number of hydrogen-bond donors (Lipinski definition) is 0. The molecule has 0 bridgehead atoms. The Morgan fingerprint density at radius 2 is 1.44 bits per heavy atom. The highest BCUT2D eigenvalue weighted by Crippen LogP contribution is 2.47. The van der Waals surface area contributed by atoms with Gasteiger partial charge in [0.25, 0.3) is 0 Å². The second kappa shape index (κ2) is 7.44. The van der Waals surface area contributed by atoms with Crippen LogP contribution in [-0.4, -0.2) is 11.8 Å². The van der Waals surface area contributed by atoms with Gasteiger partial charge in [-0.05, 0) is 68.3 Å². The molecular formula is C21H30F4. The van der Waals surface area contributed by atoms with E-state index in [1.807, 2.05) is 0 Å². The molecule has 0 aromatic carbocycles.